The number of hydrogen-bond acceptors (Lipinski definition) is 3. The van der Waals surface area contributed by atoms with Gasteiger partial charge in [0, 0.05) is 30.5 Å². The summed E-state index contributed by atoms with van der Waals surface area (Å²) in [6, 6.07) is 1.66. The fourth-order valence-corrected chi connectivity index (χ4v) is 3.39. The van der Waals surface area contributed by atoms with Crippen LogP contribution >= 0.6 is 0 Å². The van der Waals surface area contributed by atoms with Crippen LogP contribution in [0, 0.1) is 23.4 Å². The molecule has 2 unspecified atom stereocenters. The number of nitrogens with zero attached hydrogens (tertiary/aromatic N) is 1. The van der Waals surface area contributed by atoms with E-state index in [2.05, 4.69) is 4.90 Å². The minimum atomic E-state index is -1.24. The lowest BCUT2D eigenvalue weighted by Crippen LogP contribution is -2.56. The van der Waals surface area contributed by atoms with Crippen molar-refractivity contribution in [1.29, 1.82) is 0 Å². The lowest BCUT2D eigenvalue weighted by atomic mass is 9.81. The molecule has 0 saturated carbocycles. The summed E-state index contributed by atoms with van der Waals surface area (Å²) in [5, 5.41) is 0. The van der Waals surface area contributed by atoms with Crippen LogP contribution in [0.4, 0.5) is 13.2 Å². The summed E-state index contributed by atoms with van der Waals surface area (Å²) >= 11 is 0. The highest BCUT2D eigenvalue weighted by Crippen LogP contribution is 2.31. The van der Waals surface area contributed by atoms with Crippen LogP contribution in [0.5, 0.6) is 0 Å². The number of fused-ring (bicyclic) bond motifs is 2. The molecule has 0 amide bonds. The zero-order valence-corrected chi connectivity index (χ0v) is 12.3. The first-order valence-corrected chi connectivity index (χ1v) is 7.41. The van der Waals surface area contributed by atoms with Crippen LogP contribution in [0.2, 0.25) is 0 Å². The summed E-state index contributed by atoms with van der Waals surface area (Å²) in [5.74, 6) is -3.53. The highest BCUT2D eigenvalue weighted by molar-refractivity contribution is 5.83. The Morgan fingerprint density at radius 2 is 1.73 bits per heavy atom. The van der Waals surface area contributed by atoms with Gasteiger partial charge in [-0.3, -0.25) is 9.69 Å². The number of piperidine rings is 1. The topological polar surface area (TPSA) is 29.5 Å². The van der Waals surface area contributed by atoms with E-state index in [9.17, 15) is 18.0 Å². The Morgan fingerprint density at radius 1 is 1.14 bits per heavy atom. The van der Waals surface area contributed by atoms with Gasteiger partial charge in [-0.2, -0.15) is 0 Å². The van der Waals surface area contributed by atoms with E-state index in [-0.39, 0.29) is 35.8 Å². The lowest BCUT2D eigenvalue weighted by Gasteiger charge is -2.46. The molecule has 0 aliphatic carbocycles. The standard InChI is InChI=1S/C16H18F3NO2/c1-20-11-2-10(3-12(20)8-22-7-11)16(21)5-9-4-14(18)15(19)6-13(9)17/h4,6,10-12H,2-3,5,7-8H2,1H3. The second-order valence-corrected chi connectivity index (χ2v) is 6.18. The summed E-state index contributed by atoms with van der Waals surface area (Å²) in [5.41, 5.74) is -0.0794. The Hall–Kier alpha value is -1.40. The van der Waals surface area contributed by atoms with E-state index in [1.165, 1.54) is 0 Å². The Labute approximate surface area is 127 Å². The highest BCUT2D eigenvalue weighted by Gasteiger charge is 2.39. The SMILES string of the molecule is CN1C2COCC1CC(C(=O)Cc1cc(F)c(F)cc1F)C2. The van der Waals surface area contributed by atoms with Crippen molar-refractivity contribution in [3.8, 4) is 0 Å². The molecule has 2 fully saturated rings. The zero-order valence-electron chi connectivity index (χ0n) is 12.3. The van der Waals surface area contributed by atoms with Crippen LogP contribution in [-0.2, 0) is 16.0 Å². The number of Topliss-reactive ketones (excluding diaryl/α,β-unsaturated/α-hetero) is 1. The monoisotopic (exact) mass is 313 g/mol. The van der Waals surface area contributed by atoms with Gasteiger partial charge < -0.3 is 4.74 Å². The number of carbonyl (C=O) groups excluding carboxylic acids is 1. The molecule has 2 aliphatic rings. The summed E-state index contributed by atoms with van der Waals surface area (Å²) in [6.07, 6.45) is 1.13. The minimum absolute atomic E-state index is 0.0794. The molecular weight excluding hydrogens is 295 g/mol. The van der Waals surface area contributed by atoms with E-state index in [4.69, 9.17) is 4.74 Å². The van der Waals surface area contributed by atoms with Gasteiger partial charge in [-0.05, 0) is 31.5 Å². The normalized spacial score (nSPS) is 28.6. The van der Waals surface area contributed by atoms with Crippen molar-refractivity contribution in [2.75, 3.05) is 20.3 Å². The Balaban J connectivity index is 1.71. The van der Waals surface area contributed by atoms with Gasteiger partial charge in [0.25, 0.3) is 0 Å². The fourth-order valence-electron chi connectivity index (χ4n) is 3.39. The molecule has 2 atom stereocenters. The molecule has 2 bridgehead atoms. The summed E-state index contributed by atoms with van der Waals surface area (Å²) in [4.78, 5) is 14.6. The predicted octanol–water partition coefficient (Wildman–Crippen LogP) is 2.32. The minimum Gasteiger partial charge on any atom is -0.378 e. The van der Waals surface area contributed by atoms with Gasteiger partial charge in [-0.1, -0.05) is 0 Å². The molecule has 6 heteroatoms. The number of carbonyl (C=O) groups is 1. The molecule has 0 aromatic heterocycles. The largest absolute Gasteiger partial charge is 0.378 e. The lowest BCUT2D eigenvalue weighted by molar-refractivity contribution is -0.130. The molecule has 0 N–H and O–H groups in total. The molecular formula is C16H18F3NO2. The Kier molecular flexibility index (Phi) is 4.23. The molecule has 0 spiro atoms. The average Bonchev–Trinajstić information content (AvgIpc) is 2.44. The van der Waals surface area contributed by atoms with Gasteiger partial charge in [0.1, 0.15) is 11.6 Å². The first-order chi connectivity index (χ1) is 10.5. The molecule has 3 nitrogen and oxygen atoms in total. The van der Waals surface area contributed by atoms with Crippen molar-refractivity contribution in [1.82, 2.24) is 4.90 Å². The Bertz CT molecular complexity index is 579. The van der Waals surface area contributed by atoms with Crippen molar-refractivity contribution in [2.24, 2.45) is 5.92 Å². The van der Waals surface area contributed by atoms with E-state index in [1.54, 1.807) is 0 Å². The molecule has 120 valence electrons. The maximum atomic E-state index is 13.7. The zero-order chi connectivity index (χ0) is 15.9. The van der Waals surface area contributed by atoms with E-state index >= 15 is 0 Å². The van der Waals surface area contributed by atoms with E-state index in [0.717, 1.165) is 6.07 Å². The third-order valence-corrected chi connectivity index (χ3v) is 4.79. The number of morpholine rings is 1. The van der Waals surface area contributed by atoms with Crippen molar-refractivity contribution >= 4 is 5.78 Å². The van der Waals surface area contributed by atoms with Gasteiger partial charge in [0.05, 0.1) is 13.2 Å². The first-order valence-electron chi connectivity index (χ1n) is 7.41. The number of rotatable bonds is 3. The second-order valence-electron chi connectivity index (χ2n) is 6.18. The summed E-state index contributed by atoms with van der Waals surface area (Å²) in [6.45, 7) is 1.19. The molecule has 2 saturated heterocycles. The second kappa shape index (κ2) is 6.01. The quantitative estimate of drug-likeness (QED) is 0.802. The van der Waals surface area contributed by atoms with E-state index in [0.29, 0.717) is 32.1 Å². The summed E-state index contributed by atoms with van der Waals surface area (Å²) < 4.78 is 45.3. The van der Waals surface area contributed by atoms with Crippen LogP contribution in [-0.4, -0.2) is 43.0 Å². The summed E-state index contributed by atoms with van der Waals surface area (Å²) in [7, 11) is 2.02. The van der Waals surface area contributed by atoms with Gasteiger partial charge in [0.15, 0.2) is 11.6 Å². The first kappa shape index (κ1) is 15.5. The Morgan fingerprint density at radius 3 is 2.36 bits per heavy atom. The van der Waals surface area contributed by atoms with Crippen LogP contribution in [0.15, 0.2) is 12.1 Å². The number of halogens is 3. The number of ether oxygens (including phenoxy) is 1. The van der Waals surface area contributed by atoms with Crippen LogP contribution in [0.3, 0.4) is 0 Å². The van der Waals surface area contributed by atoms with Crippen molar-refractivity contribution in [3.05, 3.63) is 35.1 Å². The van der Waals surface area contributed by atoms with Crippen LogP contribution < -0.4 is 0 Å². The highest BCUT2D eigenvalue weighted by atomic mass is 19.2. The van der Waals surface area contributed by atoms with Gasteiger partial charge in [0.2, 0.25) is 0 Å². The number of benzene rings is 1. The molecule has 1 aromatic carbocycles. The smallest absolute Gasteiger partial charge is 0.161 e. The number of hydrogen-bond donors (Lipinski definition) is 0. The van der Waals surface area contributed by atoms with E-state index in [1.807, 2.05) is 7.05 Å². The molecule has 1 aromatic rings. The van der Waals surface area contributed by atoms with Crippen molar-refractivity contribution in [3.63, 3.8) is 0 Å². The number of likely N-dealkylation sites (N-methyl/N-ethyl adjacent to an activating group) is 1. The van der Waals surface area contributed by atoms with Gasteiger partial charge in [-0.15, -0.1) is 0 Å². The van der Waals surface area contributed by atoms with Crippen LogP contribution in [0.25, 0.3) is 0 Å². The molecule has 2 heterocycles. The predicted molar refractivity (Wildman–Crippen MR) is 73.9 cm³/mol. The maximum Gasteiger partial charge on any atom is 0.161 e. The molecule has 3 rings (SSSR count). The fraction of sp³-hybridized carbons (Fsp3) is 0.562. The van der Waals surface area contributed by atoms with E-state index < -0.39 is 17.5 Å². The molecule has 22 heavy (non-hydrogen) atoms. The van der Waals surface area contributed by atoms with Crippen LogP contribution in [0.1, 0.15) is 18.4 Å². The average molecular weight is 313 g/mol. The maximum absolute atomic E-state index is 13.7. The molecule has 2 aliphatic heterocycles. The van der Waals surface area contributed by atoms with Gasteiger partial charge >= 0.3 is 0 Å². The van der Waals surface area contributed by atoms with Gasteiger partial charge in [-0.25, -0.2) is 13.2 Å². The third-order valence-electron chi connectivity index (χ3n) is 4.79. The van der Waals surface area contributed by atoms with Crippen molar-refractivity contribution < 1.29 is 22.7 Å². The number of ketones is 1. The third kappa shape index (κ3) is 2.90. The van der Waals surface area contributed by atoms with Crippen molar-refractivity contribution in [2.45, 2.75) is 31.3 Å². The molecule has 0 radical (unpaired) electrons.